The van der Waals surface area contributed by atoms with Crippen molar-refractivity contribution in [1.82, 2.24) is 0 Å². The fraction of sp³-hybridized carbons (Fsp3) is 0.231. The third-order valence-corrected chi connectivity index (χ3v) is 5.71. The fourth-order valence-corrected chi connectivity index (χ4v) is 4.78. The van der Waals surface area contributed by atoms with E-state index in [-0.39, 0.29) is 5.41 Å². The van der Waals surface area contributed by atoms with Gasteiger partial charge in [0.15, 0.2) is 0 Å². The Morgan fingerprint density at radius 2 is 1.85 bits per heavy atom. The fourth-order valence-electron chi connectivity index (χ4n) is 4.78. The third-order valence-electron chi connectivity index (χ3n) is 5.71. The van der Waals surface area contributed by atoms with Crippen molar-refractivity contribution >= 4 is 0 Å². The predicted molar refractivity (Wildman–Crippen MR) is 114 cm³/mol. The number of hydrogen-bond donors (Lipinski definition) is 0. The van der Waals surface area contributed by atoms with E-state index < -0.39 is 0 Å². The van der Waals surface area contributed by atoms with Crippen molar-refractivity contribution in [1.29, 1.82) is 0 Å². The molecule has 0 saturated heterocycles. The normalized spacial score (nSPS) is 27.5. The Kier molecular flexibility index (Phi) is 5.13. The molecule has 0 bridgehead atoms. The standard InChI is InChI=1S/C26H28/c1-6-12-20(8-3)26(21(9-4)13-7-2)24-15-11-10-14-22(24)23-17-16-19(5)18-25(23)26/h6-18,22,24H,1,3H2,2,4-5H3. The maximum Gasteiger partial charge on any atom is 0.0522 e. The van der Waals surface area contributed by atoms with E-state index in [1.807, 2.05) is 12.2 Å². The zero-order valence-electron chi connectivity index (χ0n) is 16.1. The van der Waals surface area contributed by atoms with Gasteiger partial charge in [0.25, 0.3) is 0 Å². The van der Waals surface area contributed by atoms with Crippen LogP contribution in [0.3, 0.4) is 0 Å². The summed E-state index contributed by atoms with van der Waals surface area (Å²) in [5.74, 6) is 0.708. The second kappa shape index (κ2) is 7.33. The first-order valence-corrected chi connectivity index (χ1v) is 9.36. The van der Waals surface area contributed by atoms with Gasteiger partial charge in [-0.3, -0.25) is 0 Å². The van der Waals surface area contributed by atoms with Crippen LogP contribution in [0.15, 0.2) is 103 Å². The second-order valence-electron chi connectivity index (χ2n) is 7.03. The Balaban J connectivity index is 2.46. The molecule has 0 saturated carbocycles. The van der Waals surface area contributed by atoms with Gasteiger partial charge in [0.05, 0.1) is 5.41 Å². The first kappa shape index (κ1) is 18.2. The van der Waals surface area contributed by atoms with Crippen LogP contribution in [0.4, 0.5) is 0 Å². The average molecular weight is 341 g/mol. The Morgan fingerprint density at radius 1 is 1.08 bits per heavy atom. The highest BCUT2D eigenvalue weighted by Gasteiger charge is 2.53. The van der Waals surface area contributed by atoms with Gasteiger partial charge >= 0.3 is 0 Å². The van der Waals surface area contributed by atoms with Crippen LogP contribution in [-0.4, -0.2) is 0 Å². The zero-order chi connectivity index (χ0) is 18.7. The molecule has 0 aromatic heterocycles. The summed E-state index contributed by atoms with van der Waals surface area (Å²) < 4.78 is 0. The molecule has 0 radical (unpaired) electrons. The summed E-state index contributed by atoms with van der Waals surface area (Å²) >= 11 is 0. The number of allylic oxidation sites excluding steroid dienone is 12. The van der Waals surface area contributed by atoms with Crippen LogP contribution in [0.2, 0.25) is 0 Å². The molecular formula is C26H28. The van der Waals surface area contributed by atoms with Crippen LogP contribution in [0.5, 0.6) is 0 Å². The van der Waals surface area contributed by atoms with Crippen LogP contribution in [-0.2, 0) is 5.41 Å². The van der Waals surface area contributed by atoms with Gasteiger partial charge in [0.2, 0.25) is 0 Å². The number of rotatable bonds is 5. The van der Waals surface area contributed by atoms with Crippen LogP contribution < -0.4 is 0 Å². The summed E-state index contributed by atoms with van der Waals surface area (Å²) in [5.41, 5.74) is 6.37. The van der Waals surface area contributed by atoms with Gasteiger partial charge in [0.1, 0.15) is 0 Å². The van der Waals surface area contributed by atoms with Crippen LogP contribution in [0.25, 0.3) is 0 Å². The second-order valence-corrected chi connectivity index (χ2v) is 7.03. The average Bonchev–Trinajstić information content (AvgIpc) is 2.94. The van der Waals surface area contributed by atoms with Crippen molar-refractivity contribution in [2.75, 3.05) is 0 Å². The van der Waals surface area contributed by atoms with Gasteiger partial charge in [-0.15, -0.1) is 0 Å². The Labute approximate surface area is 158 Å². The molecule has 0 spiro atoms. The summed E-state index contributed by atoms with van der Waals surface area (Å²) in [5, 5.41) is 0. The van der Waals surface area contributed by atoms with Crippen molar-refractivity contribution in [3.05, 3.63) is 120 Å². The first-order chi connectivity index (χ1) is 12.6. The summed E-state index contributed by atoms with van der Waals surface area (Å²) in [6.07, 6.45) is 21.7. The molecule has 1 aromatic carbocycles. The number of benzene rings is 1. The molecule has 0 heteroatoms. The molecule has 1 aromatic rings. The Morgan fingerprint density at radius 3 is 2.50 bits per heavy atom. The summed E-state index contributed by atoms with van der Waals surface area (Å²) in [6.45, 7) is 14.5. The van der Waals surface area contributed by atoms with Gasteiger partial charge in [-0.05, 0) is 43.0 Å². The topological polar surface area (TPSA) is 0 Å². The van der Waals surface area contributed by atoms with Crippen LogP contribution >= 0.6 is 0 Å². The summed E-state index contributed by atoms with van der Waals surface area (Å²) in [6, 6.07) is 6.90. The quantitative estimate of drug-likeness (QED) is 0.512. The molecule has 0 fully saturated rings. The SMILES string of the molecule is C=CC=C(C=C)C1(C(C=CC)=CC)c2cc(C)ccc2C2C=CC=CC21. The van der Waals surface area contributed by atoms with Crippen molar-refractivity contribution in [3.8, 4) is 0 Å². The van der Waals surface area contributed by atoms with Crippen molar-refractivity contribution in [2.24, 2.45) is 5.92 Å². The van der Waals surface area contributed by atoms with Gasteiger partial charge in [0, 0.05) is 11.8 Å². The highest BCUT2D eigenvalue weighted by molar-refractivity contribution is 5.65. The molecule has 0 amide bonds. The predicted octanol–water partition coefficient (Wildman–Crippen LogP) is 6.89. The minimum absolute atomic E-state index is 0.246. The van der Waals surface area contributed by atoms with Gasteiger partial charge in [-0.1, -0.05) is 97.7 Å². The summed E-state index contributed by atoms with van der Waals surface area (Å²) in [4.78, 5) is 0. The molecule has 26 heavy (non-hydrogen) atoms. The lowest BCUT2D eigenvalue weighted by atomic mass is 9.62. The molecular weight excluding hydrogens is 312 g/mol. The molecule has 2 aliphatic carbocycles. The van der Waals surface area contributed by atoms with E-state index in [1.165, 1.54) is 27.8 Å². The van der Waals surface area contributed by atoms with E-state index in [2.05, 4.69) is 101 Å². The Hall–Kier alpha value is -2.60. The van der Waals surface area contributed by atoms with E-state index in [0.29, 0.717) is 11.8 Å². The highest BCUT2D eigenvalue weighted by Crippen LogP contribution is 2.60. The monoisotopic (exact) mass is 340 g/mol. The highest BCUT2D eigenvalue weighted by atomic mass is 14.5. The van der Waals surface area contributed by atoms with E-state index >= 15 is 0 Å². The number of fused-ring (bicyclic) bond motifs is 3. The molecule has 0 aliphatic heterocycles. The lowest BCUT2D eigenvalue weighted by molar-refractivity contribution is 0.454. The van der Waals surface area contributed by atoms with Crippen LogP contribution in [0.1, 0.15) is 36.5 Å². The van der Waals surface area contributed by atoms with Crippen molar-refractivity contribution < 1.29 is 0 Å². The van der Waals surface area contributed by atoms with Crippen molar-refractivity contribution in [3.63, 3.8) is 0 Å². The van der Waals surface area contributed by atoms with E-state index in [9.17, 15) is 0 Å². The molecule has 2 aliphatic rings. The zero-order valence-corrected chi connectivity index (χ0v) is 16.1. The number of hydrogen-bond acceptors (Lipinski definition) is 0. The maximum absolute atomic E-state index is 4.17. The van der Waals surface area contributed by atoms with Gasteiger partial charge in [-0.25, -0.2) is 0 Å². The maximum atomic E-state index is 4.17. The minimum Gasteiger partial charge on any atom is -0.0991 e. The molecule has 3 rings (SSSR count). The lowest BCUT2D eigenvalue weighted by Crippen LogP contribution is -2.35. The summed E-state index contributed by atoms with van der Waals surface area (Å²) in [7, 11) is 0. The first-order valence-electron chi connectivity index (χ1n) is 9.36. The molecule has 0 N–H and O–H groups in total. The third kappa shape index (κ3) is 2.52. The molecule has 3 unspecified atom stereocenters. The lowest BCUT2D eigenvalue weighted by Gasteiger charge is -2.40. The van der Waals surface area contributed by atoms with E-state index in [4.69, 9.17) is 0 Å². The van der Waals surface area contributed by atoms with Crippen LogP contribution in [0, 0.1) is 12.8 Å². The van der Waals surface area contributed by atoms with Gasteiger partial charge < -0.3 is 0 Å². The molecule has 0 heterocycles. The molecule has 3 atom stereocenters. The molecule has 0 nitrogen and oxygen atoms in total. The van der Waals surface area contributed by atoms with Gasteiger partial charge in [-0.2, -0.15) is 0 Å². The molecule has 132 valence electrons. The Bertz CT molecular complexity index is 869. The van der Waals surface area contributed by atoms with Crippen molar-refractivity contribution in [2.45, 2.75) is 32.1 Å². The minimum atomic E-state index is -0.246. The van der Waals surface area contributed by atoms with E-state index in [1.54, 1.807) is 0 Å². The largest absolute Gasteiger partial charge is 0.0991 e. The smallest absolute Gasteiger partial charge is 0.0522 e. The van der Waals surface area contributed by atoms with E-state index in [0.717, 1.165) is 0 Å². The number of aryl methyl sites for hydroxylation is 1.